The summed E-state index contributed by atoms with van der Waals surface area (Å²) in [6, 6.07) is 2.91. The molecule has 0 aliphatic rings. The van der Waals surface area contributed by atoms with Crippen LogP contribution in [-0.4, -0.2) is 12.0 Å². The minimum absolute atomic E-state index is 0.0451. The molecule has 0 aromatic heterocycles. The number of rotatable bonds is 3. The van der Waals surface area contributed by atoms with E-state index in [9.17, 15) is 10.1 Å². The van der Waals surface area contributed by atoms with Crippen molar-refractivity contribution in [3.8, 4) is 5.75 Å². The maximum atomic E-state index is 10.5. The molecule has 0 aliphatic heterocycles. The molecule has 0 saturated heterocycles. The Kier molecular flexibility index (Phi) is 3.03. The number of nitro benzene ring substituents is 1. The number of methoxy groups -OCH3 is 1. The number of hydrogen-bond donors (Lipinski definition) is 1. The number of nitro groups is 1. The van der Waals surface area contributed by atoms with Crippen molar-refractivity contribution in [2.75, 3.05) is 7.11 Å². The summed E-state index contributed by atoms with van der Waals surface area (Å²) in [4.78, 5) is 10.1. The fourth-order valence-electron chi connectivity index (χ4n) is 1.38. The maximum absolute atomic E-state index is 10.5. The van der Waals surface area contributed by atoms with Crippen LogP contribution in [0.4, 0.5) is 5.69 Å². The molecular weight excluding hydrogens is 184 g/mol. The van der Waals surface area contributed by atoms with E-state index >= 15 is 0 Å². The van der Waals surface area contributed by atoms with E-state index in [0.717, 1.165) is 5.56 Å². The minimum atomic E-state index is -0.439. The van der Waals surface area contributed by atoms with Gasteiger partial charge in [0.25, 0.3) is 5.69 Å². The van der Waals surface area contributed by atoms with Gasteiger partial charge in [0.1, 0.15) is 5.75 Å². The molecule has 1 aromatic carbocycles. The Labute approximate surface area is 81.6 Å². The van der Waals surface area contributed by atoms with Gasteiger partial charge < -0.3 is 10.5 Å². The standard InChI is InChI=1S/C9H12N2O3/c1-6-3-8(11(12)13)4-7(5-10)9(6)14-2/h3-4H,5,10H2,1-2H3. The number of nitrogens with two attached hydrogens (primary N) is 1. The van der Waals surface area contributed by atoms with Crippen molar-refractivity contribution >= 4 is 5.69 Å². The highest BCUT2D eigenvalue weighted by Gasteiger charge is 2.13. The number of benzene rings is 1. The Morgan fingerprint density at radius 3 is 2.64 bits per heavy atom. The van der Waals surface area contributed by atoms with Gasteiger partial charge in [0, 0.05) is 24.2 Å². The van der Waals surface area contributed by atoms with E-state index in [1.165, 1.54) is 19.2 Å². The van der Waals surface area contributed by atoms with Crippen molar-refractivity contribution in [1.82, 2.24) is 0 Å². The van der Waals surface area contributed by atoms with Crippen molar-refractivity contribution in [2.45, 2.75) is 13.5 Å². The first kappa shape index (κ1) is 10.5. The molecule has 0 fully saturated rings. The summed E-state index contributed by atoms with van der Waals surface area (Å²) in [6.07, 6.45) is 0. The lowest BCUT2D eigenvalue weighted by Crippen LogP contribution is -2.03. The highest BCUT2D eigenvalue weighted by Crippen LogP contribution is 2.28. The van der Waals surface area contributed by atoms with Crippen LogP contribution in [0.3, 0.4) is 0 Å². The fraction of sp³-hybridized carbons (Fsp3) is 0.333. The van der Waals surface area contributed by atoms with Crippen LogP contribution in [0.15, 0.2) is 12.1 Å². The topological polar surface area (TPSA) is 78.4 Å². The van der Waals surface area contributed by atoms with Crippen LogP contribution in [0.2, 0.25) is 0 Å². The van der Waals surface area contributed by atoms with Crippen LogP contribution in [0.5, 0.6) is 5.75 Å². The number of aryl methyl sites for hydroxylation is 1. The first-order chi connectivity index (χ1) is 6.60. The van der Waals surface area contributed by atoms with Crippen LogP contribution in [0, 0.1) is 17.0 Å². The van der Waals surface area contributed by atoms with Crippen molar-refractivity contribution in [1.29, 1.82) is 0 Å². The largest absolute Gasteiger partial charge is 0.496 e. The van der Waals surface area contributed by atoms with Gasteiger partial charge in [-0.05, 0) is 12.5 Å². The average molecular weight is 196 g/mol. The Bertz CT molecular complexity index is 363. The highest BCUT2D eigenvalue weighted by atomic mass is 16.6. The second-order valence-corrected chi connectivity index (χ2v) is 2.92. The lowest BCUT2D eigenvalue weighted by molar-refractivity contribution is -0.385. The maximum Gasteiger partial charge on any atom is 0.270 e. The van der Waals surface area contributed by atoms with Crippen LogP contribution >= 0.6 is 0 Å². The normalized spacial score (nSPS) is 9.93. The molecule has 14 heavy (non-hydrogen) atoms. The number of non-ortho nitro benzene ring substituents is 1. The van der Waals surface area contributed by atoms with Crippen molar-refractivity contribution < 1.29 is 9.66 Å². The molecule has 0 heterocycles. The smallest absolute Gasteiger partial charge is 0.270 e. The first-order valence-electron chi connectivity index (χ1n) is 4.12. The molecule has 0 amide bonds. The van der Waals surface area contributed by atoms with Gasteiger partial charge in [-0.2, -0.15) is 0 Å². The SMILES string of the molecule is COc1c(C)cc([N+](=O)[O-])cc1CN. The molecular formula is C9H12N2O3. The number of nitrogens with zero attached hydrogens (tertiary/aromatic N) is 1. The van der Waals surface area contributed by atoms with Gasteiger partial charge in [0.15, 0.2) is 0 Å². The van der Waals surface area contributed by atoms with Gasteiger partial charge in [-0.3, -0.25) is 10.1 Å². The summed E-state index contributed by atoms with van der Waals surface area (Å²) in [5, 5.41) is 10.5. The van der Waals surface area contributed by atoms with E-state index in [1.807, 2.05) is 0 Å². The predicted molar refractivity (Wildman–Crippen MR) is 52.3 cm³/mol. The Morgan fingerprint density at radius 2 is 2.21 bits per heavy atom. The molecule has 0 aliphatic carbocycles. The van der Waals surface area contributed by atoms with Gasteiger partial charge >= 0.3 is 0 Å². The lowest BCUT2D eigenvalue weighted by Gasteiger charge is -2.09. The van der Waals surface area contributed by atoms with Gasteiger partial charge in [-0.15, -0.1) is 0 Å². The second-order valence-electron chi connectivity index (χ2n) is 2.92. The predicted octanol–water partition coefficient (Wildman–Crippen LogP) is 1.37. The third-order valence-corrected chi connectivity index (χ3v) is 1.97. The summed E-state index contributed by atoms with van der Waals surface area (Å²) >= 11 is 0. The molecule has 0 spiro atoms. The lowest BCUT2D eigenvalue weighted by atomic mass is 10.1. The zero-order valence-electron chi connectivity index (χ0n) is 8.11. The molecule has 1 rings (SSSR count). The van der Waals surface area contributed by atoms with Crippen LogP contribution < -0.4 is 10.5 Å². The van der Waals surface area contributed by atoms with Crippen LogP contribution in [0.25, 0.3) is 0 Å². The minimum Gasteiger partial charge on any atom is -0.496 e. The summed E-state index contributed by atoms with van der Waals surface area (Å²) in [5.41, 5.74) is 6.88. The van der Waals surface area contributed by atoms with E-state index in [-0.39, 0.29) is 12.2 Å². The molecule has 0 radical (unpaired) electrons. The molecule has 2 N–H and O–H groups in total. The molecule has 0 atom stereocenters. The number of ether oxygens (including phenoxy) is 1. The summed E-state index contributed by atoms with van der Waals surface area (Å²) in [7, 11) is 1.52. The number of hydrogen-bond acceptors (Lipinski definition) is 4. The third-order valence-electron chi connectivity index (χ3n) is 1.97. The van der Waals surface area contributed by atoms with Crippen molar-refractivity contribution in [3.63, 3.8) is 0 Å². The highest BCUT2D eigenvalue weighted by molar-refractivity contribution is 5.49. The first-order valence-corrected chi connectivity index (χ1v) is 4.12. The van der Waals surface area contributed by atoms with Gasteiger partial charge in [-0.25, -0.2) is 0 Å². The summed E-state index contributed by atoms with van der Waals surface area (Å²) < 4.78 is 5.10. The summed E-state index contributed by atoms with van der Waals surface area (Å²) in [5.74, 6) is 0.623. The molecule has 0 bridgehead atoms. The van der Waals surface area contributed by atoms with Gasteiger partial charge in [-0.1, -0.05) is 0 Å². The summed E-state index contributed by atoms with van der Waals surface area (Å²) in [6.45, 7) is 1.98. The van der Waals surface area contributed by atoms with E-state index in [0.29, 0.717) is 11.3 Å². The van der Waals surface area contributed by atoms with E-state index < -0.39 is 4.92 Å². The Balaban J connectivity index is 3.31. The van der Waals surface area contributed by atoms with E-state index in [4.69, 9.17) is 10.5 Å². The quantitative estimate of drug-likeness (QED) is 0.585. The van der Waals surface area contributed by atoms with Crippen molar-refractivity contribution in [3.05, 3.63) is 33.4 Å². The zero-order valence-corrected chi connectivity index (χ0v) is 8.11. The third kappa shape index (κ3) is 1.82. The molecule has 76 valence electrons. The van der Waals surface area contributed by atoms with E-state index in [1.54, 1.807) is 6.92 Å². The molecule has 0 unspecified atom stereocenters. The molecule has 0 saturated carbocycles. The fourth-order valence-corrected chi connectivity index (χ4v) is 1.38. The monoisotopic (exact) mass is 196 g/mol. The zero-order chi connectivity index (χ0) is 10.7. The molecule has 1 aromatic rings. The average Bonchev–Trinajstić information content (AvgIpc) is 2.16. The van der Waals surface area contributed by atoms with Crippen LogP contribution in [-0.2, 0) is 6.54 Å². The molecule has 5 heteroatoms. The van der Waals surface area contributed by atoms with Crippen LogP contribution in [0.1, 0.15) is 11.1 Å². The van der Waals surface area contributed by atoms with Crippen molar-refractivity contribution in [2.24, 2.45) is 5.73 Å². The Morgan fingerprint density at radius 1 is 1.57 bits per heavy atom. The van der Waals surface area contributed by atoms with Gasteiger partial charge in [0.05, 0.1) is 12.0 Å². The van der Waals surface area contributed by atoms with Gasteiger partial charge in [0.2, 0.25) is 0 Å². The van der Waals surface area contributed by atoms with E-state index in [2.05, 4.69) is 0 Å². The Hall–Kier alpha value is -1.62. The molecule has 5 nitrogen and oxygen atoms in total. The second kappa shape index (κ2) is 4.06.